The zero-order valence-electron chi connectivity index (χ0n) is 20.7. The van der Waals surface area contributed by atoms with Crippen LogP contribution in [0.5, 0.6) is 0 Å². The maximum Gasteiger partial charge on any atom is 0.408 e. The van der Waals surface area contributed by atoms with Gasteiger partial charge in [0, 0.05) is 13.0 Å². The Balaban J connectivity index is 1.47. The first-order valence-corrected chi connectivity index (χ1v) is 12.4. The first kappa shape index (κ1) is 24.8. The van der Waals surface area contributed by atoms with Gasteiger partial charge in [0.25, 0.3) is 0 Å². The molecule has 1 saturated carbocycles. The van der Waals surface area contributed by atoms with Crippen LogP contribution in [-0.2, 0) is 14.3 Å². The SMILES string of the molecule is CCC(C)(NC(=O)OCC1c2ccccc2-c2ccccc21)C(=O)N(C)C1(C(=O)O)CCCCC1. The van der Waals surface area contributed by atoms with Gasteiger partial charge in [0.15, 0.2) is 0 Å². The molecule has 2 amide bonds. The van der Waals surface area contributed by atoms with Gasteiger partial charge in [-0.3, -0.25) is 4.79 Å². The largest absolute Gasteiger partial charge is 0.479 e. The molecule has 2 aliphatic rings. The standard InChI is InChI=1S/C28H34N2O5/c1-4-27(2,24(31)30(3)28(25(32)33)16-10-5-11-17-28)29-26(34)35-18-23-21-14-8-6-12-19(21)20-13-7-9-15-22(20)23/h6-9,12-15,23H,4-5,10-11,16-18H2,1-3H3,(H,29,34)(H,32,33). The number of alkyl carbamates (subject to hydrolysis) is 1. The molecule has 0 spiro atoms. The lowest BCUT2D eigenvalue weighted by Crippen LogP contribution is -2.64. The normalized spacial score (nSPS) is 18.0. The van der Waals surface area contributed by atoms with E-state index in [-0.39, 0.29) is 12.5 Å². The van der Waals surface area contributed by atoms with Crippen LogP contribution in [0.2, 0.25) is 0 Å². The number of aliphatic carboxylic acids is 1. The van der Waals surface area contributed by atoms with Gasteiger partial charge in [0.1, 0.15) is 17.7 Å². The highest BCUT2D eigenvalue weighted by Crippen LogP contribution is 2.44. The molecule has 7 nitrogen and oxygen atoms in total. The Morgan fingerprint density at radius 2 is 1.57 bits per heavy atom. The highest BCUT2D eigenvalue weighted by Gasteiger charge is 2.49. The summed E-state index contributed by atoms with van der Waals surface area (Å²) in [6, 6.07) is 16.2. The van der Waals surface area contributed by atoms with Crippen LogP contribution in [0.15, 0.2) is 48.5 Å². The van der Waals surface area contributed by atoms with Crippen LogP contribution in [0.1, 0.15) is 69.4 Å². The number of hydrogen-bond donors (Lipinski definition) is 2. The van der Waals surface area contributed by atoms with Gasteiger partial charge < -0.3 is 20.1 Å². The summed E-state index contributed by atoms with van der Waals surface area (Å²) < 4.78 is 5.65. The van der Waals surface area contributed by atoms with E-state index in [1.54, 1.807) is 13.8 Å². The van der Waals surface area contributed by atoms with Crippen LogP contribution >= 0.6 is 0 Å². The summed E-state index contributed by atoms with van der Waals surface area (Å²) in [5.41, 5.74) is 1.97. The molecule has 2 N–H and O–H groups in total. The van der Waals surface area contributed by atoms with Crippen molar-refractivity contribution in [2.75, 3.05) is 13.7 Å². The summed E-state index contributed by atoms with van der Waals surface area (Å²) in [7, 11) is 1.54. The van der Waals surface area contributed by atoms with Crippen molar-refractivity contribution in [2.45, 2.75) is 69.4 Å². The molecule has 186 valence electrons. The summed E-state index contributed by atoms with van der Waals surface area (Å²) in [5, 5.41) is 12.7. The number of nitrogens with one attached hydrogen (secondary N) is 1. The third kappa shape index (κ3) is 4.40. The van der Waals surface area contributed by atoms with Gasteiger partial charge in [-0.05, 0) is 48.4 Å². The molecule has 7 heteroatoms. The van der Waals surface area contributed by atoms with Crippen LogP contribution in [-0.4, -0.2) is 52.7 Å². The maximum atomic E-state index is 13.5. The smallest absolute Gasteiger partial charge is 0.408 e. The van der Waals surface area contributed by atoms with Crippen LogP contribution in [0.3, 0.4) is 0 Å². The number of benzene rings is 2. The van der Waals surface area contributed by atoms with Gasteiger partial charge in [-0.25, -0.2) is 9.59 Å². The number of nitrogens with zero attached hydrogens (tertiary/aromatic N) is 1. The van der Waals surface area contributed by atoms with Crippen LogP contribution in [0.4, 0.5) is 4.79 Å². The molecule has 35 heavy (non-hydrogen) atoms. The highest BCUT2D eigenvalue weighted by molar-refractivity contribution is 5.94. The van der Waals surface area contributed by atoms with E-state index in [1.165, 1.54) is 11.9 Å². The number of carboxylic acids is 1. The summed E-state index contributed by atoms with van der Waals surface area (Å²) in [5.74, 6) is -1.50. The number of hydrogen-bond acceptors (Lipinski definition) is 4. The van der Waals surface area contributed by atoms with Gasteiger partial charge in [-0.1, -0.05) is 74.7 Å². The zero-order chi connectivity index (χ0) is 25.2. The molecule has 1 atom stereocenters. The molecular weight excluding hydrogens is 444 g/mol. The fourth-order valence-electron chi connectivity index (χ4n) is 5.55. The third-order valence-corrected chi connectivity index (χ3v) is 7.93. The average Bonchev–Trinajstić information content (AvgIpc) is 3.20. The molecule has 0 aromatic heterocycles. The zero-order valence-corrected chi connectivity index (χ0v) is 20.7. The maximum absolute atomic E-state index is 13.5. The summed E-state index contributed by atoms with van der Waals surface area (Å²) in [6.07, 6.45) is 2.91. The van der Waals surface area contributed by atoms with Crippen molar-refractivity contribution in [2.24, 2.45) is 0 Å². The lowest BCUT2D eigenvalue weighted by atomic mass is 9.79. The quantitative estimate of drug-likeness (QED) is 0.588. The molecule has 0 radical (unpaired) electrons. The number of rotatable bonds is 7. The lowest BCUT2D eigenvalue weighted by Gasteiger charge is -2.44. The summed E-state index contributed by atoms with van der Waals surface area (Å²) in [6.45, 7) is 3.57. The van der Waals surface area contributed by atoms with Crippen molar-refractivity contribution in [3.8, 4) is 11.1 Å². The first-order chi connectivity index (χ1) is 16.7. The predicted octanol–water partition coefficient (Wildman–Crippen LogP) is 4.94. The van der Waals surface area contributed by atoms with Gasteiger partial charge in [-0.2, -0.15) is 0 Å². The van der Waals surface area contributed by atoms with Gasteiger partial charge >= 0.3 is 12.1 Å². The highest BCUT2D eigenvalue weighted by atomic mass is 16.5. The Morgan fingerprint density at radius 1 is 1.03 bits per heavy atom. The van der Waals surface area contributed by atoms with E-state index in [2.05, 4.69) is 17.4 Å². The van der Waals surface area contributed by atoms with E-state index < -0.39 is 29.0 Å². The minimum atomic E-state index is -1.28. The molecule has 1 fully saturated rings. The Kier molecular flexibility index (Phi) is 6.88. The Bertz CT molecular complexity index is 1080. The molecule has 2 aliphatic carbocycles. The Morgan fingerprint density at radius 3 is 2.09 bits per heavy atom. The van der Waals surface area contributed by atoms with Crippen LogP contribution in [0.25, 0.3) is 11.1 Å². The van der Waals surface area contributed by atoms with E-state index in [0.717, 1.165) is 41.5 Å². The van der Waals surface area contributed by atoms with Crippen molar-refractivity contribution in [3.63, 3.8) is 0 Å². The number of ether oxygens (including phenoxy) is 1. The number of likely N-dealkylation sites (N-methyl/N-ethyl adjacent to an activating group) is 1. The van der Waals surface area contributed by atoms with Crippen molar-refractivity contribution >= 4 is 18.0 Å². The summed E-state index contributed by atoms with van der Waals surface area (Å²) >= 11 is 0. The molecule has 2 aromatic carbocycles. The van der Waals surface area contributed by atoms with E-state index >= 15 is 0 Å². The molecule has 2 aromatic rings. The fourth-order valence-corrected chi connectivity index (χ4v) is 5.55. The lowest BCUT2D eigenvalue weighted by molar-refractivity contribution is -0.162. The van der Waals surface area contributed by atoms with Gasteiger partial charge in [0.2, 0.25) is 5.91 Å². The number of carbonyl (C=O) groups excluding carboxylic acids is 2. The monoisotopic (exact) mass is 478 g/mol. The van der Waals surface area contributed by atoms with Crippen molar-refractivity contribution < 1.29 is 24.2 Å². The van der Waals surface area contributed by atoms with Crippen LogP contribution in [0, 0.1) is 0 Å². The molecule has 1 unspecified atom stereocenters. The van der Waals surface area contributed by atoms with Gasteiger partial charge in [-0.15, -0.1) is 0 Å². The number of carbonyl (C=O) groups is 3. The minimum absolute atomic E-state index is 0.0862. The van der Waals surface area contributed by atoms with Crippen molar-refractivity contribution in [1.29, 1.82) is 0 Å². The minimum Gasteiger partial charge on any atom is -0.479 e. The molecule has 0 saturated heterocycles. The molecule has 0 bridgehead atoms. The molecular formula is C28H34N2O5. The second-order valence-corrected chi connectivity index (χ2v) is 9.90. The van der Waals surface area contributed by atoms with Crippen molar-refractivity contribution in [1.82, 2.24) is 10.2 Å². The molecule has 4 rings (SSSR count). The van der Waals surface area contributed by atoms with E-state index in [1.807, 2.05) is 36.4 Å². The predicted molar refractivity (Wildman–Crippen MR) is 133 cm³/mol. The first-order valence-electron chi connectivity index (χ1n) is 12.4. The number of fused-ring (bicyclic) bond motifs is 3. The van der Waals surface area contributed by atoms with Gasteiger partial charge in [0.05, 0.1) is 0 Å². The Hall–Kier alpha value is -3.35. The van der Waals surface area contributed by atoms with E-state index in [9.17, 15) is 19.5 Å². The topological polar surface area (TPSA) is 95.9 Å². The van der Waals surface area contributed by atoms with E-state index in [4.69, 9.17) is 4.74 Å². The number of carboxylic acid groups (broad SMARTS) is 1. The third-order valence-electron chi connectivity index (χ3n) is 7.93. The molecule has 0 heterocycles. The Labute approximate surface area is 206 Å². The molecule has 0 aliphatic heterocycles. The fraction of sp³-hybridized carbons (Fsp3) is 0.464. The summed E-state index contributed by atoms with van der Waals surface area (Å²) in [4.78, 5) is 40.0. The average molecular weight is 479 g/mol. The van der Waals surface area contributed by atoms with Crippen molar-refractivity contribution in [3.05, 3.63) is 59.7 Å². The second-order valence-electron chi connectivity index (χ2n) is 9.90. The number of amides is 2. The second kappa shape index (κ2) is 9.72. The van der Waals surface area contributed by atoms with Crippen LogP contribution < -0.4 is 5.32 Å². The van der Waals surface area contributed by atoms with E-state index in [0.29, 0.717) is 19.3 Å².